The average Bonchev–Trinajstić information content (AvgIpc) is 3.01. The molecule has 4 bridgehead atoms. The molecule has 3 heterocycles. The lowest BCUT2D eigenvalue weighted by atomic mass is 9.88. The lowest BCUT2D eigenvalue weighted by Crippen LogP contribution is -2.44. The fraction of sp³-hybridized carbons (Fsp3) is 0.417. The van der Waals surface area contributed by atoms with Gasteiger partial charge in [-0.2, -0.15) is 4.98 Å². The summed E-state index contributed by atoms with van der Waals surface area (Å²) in [4.78, 5) is 34.1. The van der Waals surface area contributed by atoms with Crippen LogP contribution < -0.4 is 14.2 Å². The summed E-state index contributed by atoms with van der Waals surface area (Å²) < 4.78 is 42.1. The SMILES string of the molecule is Cc1cccc(C)c1-c1cc2nc(n1)NS(=O)(=O)c1cccc(c1)C(=O)N(Cc1ncc(OC3CCC3)cn1)[C@H](CCC(C)(C)C)CO2. The Morgan fingerprint density at radius 3 is 2.38 bits per heavy atom. The molecular weight excluding hydrogens is 629 g/mol. The Kier molecular flexibility index (Phi) is 9.37. The first kappa shape index (κ1) is 33.3. The number of sulfonamides is 1. The molecule has 12 heteroatoms. The van der Waals surface area contributed by atoms with Crippen LogP contribution in [0.25, 0.3) is 11.3 Å². The molecule has 1 atom stereocenters. The Hall–Kier alpha value is -4.58. The number of carbonyl (C=O) groups is 1. The summed E-state index contributed by atoms with van der Waals surface area (Å²) in [5.74, 6) is 0.731. The molecule has 252 valence electrons. The fourth-order valence-corrected chi connectivity index (χ4v) is 6.82. The van der Waals surface area contributed by atoms with Crippen LogP contribution in [0.15, 0.2) is 65.8 Å². The van der Waals surface area contributed by atoms with Crippen molar-refractivity contribution in [3.8, 4) is 22.9 Å². The quantitative estimate of drug-likeness (QED) is 0.233. The van der Waals surface area contributed by atoms with E-state index in [-0.39, 0.29) is 52.9 Å². The van der Waals surface area contributed by atoms with E-state index in [1.807, 2.05) is 32.0 Å². The van der Waals surface area contributed by atoms with Crippen LogP contribution in [0.4, 0.5) is 5.95 Å². The zero-order valence-corrected chi connectivity index (χ0v) is 28.9. The minimum absolute atomic E-state index is 0.0254. The van der Waals surface area contributed by atoms with E-state index >= 15 is 0 Å². The number of carbonyl (C=O) groups excluding carboxylic acids is 1. The van der Waals surface area contributed by atoms with Gasteiger partial charge in [0.15, 0.2) is 5.75 Å². The van der Waals surface area contributed by atoms with Crippen LogP contribution >= 0.6 is 0 Å². The van der Waals surface area contributed by atoms with Gasteiger partial charge in [-0.3, -0.25) is 4.79 Å². The number of aryl methyl sites for hydroxylation is 2. The van der Waals surface area contributed by atoms with E-state index in [4.69, 9.17) is 9.47 Å². The van der Waals surface area contributed by atoms with Crippen molar-refractivity contribution in [3.05, 3.63) is 83.4 Å². The molecule has 48 heavy (non-hydrogen) atoms. The first-order valence-electron chi connectivity index (χ1n) is 16.3. The third kappa shape index (κ3) is 7.75. The molecule has 1 fully saturated rings. The van der Waals surface area contributed by atoms with Crippen molar-refractivity contribution in [2.45, 2.75) is 90.3 Å². The maximum atomic E-state index is 14.4. The Labute approximate surface area is 282 Å². The van der Waals surface area contributed by atoms with Crippen LogP contribution in [-0.4, -0.2) is 57.9 Å². The molecule has 0 radical (unpaired) electrons. The number of fused-ring (bicyclic) bond motifs is 4. The second-order valence-corrected chi connectivity index (χ2v) is 15.5. The van der Waals surface area contributed by atoms with Crippen LogP contribution in [0, 0.1) is 19.3 Å². The topological polar surface area (TPSA) is 136 Å². The predicted octanol–water partition coefficient (Wildman–Crippen LogP) is 6.51. The van der Waals surface area contributed by atoms with E-state index in [0.29, 0.717) is 23.7 Å². The van der Waals surface area contributed by atoms with Gasteiger partial charge in [-0.05, 0) is 80.7 Å². The van der Waals surface area contributed by atoms with Gasteiger partial charge >= 0.3 is 0 Å². The van der Waals surface area contributed by atoms with Crippen molar-refractivity contribution in [1.29, 1.82) is 0 Å². The maximum absolute atomic E-state index is 14.4. The van der Waals surface area contributed by atoms with E-state index in [2.05, 4.69) is 45.4 Å². The van der Waals surface area contributed by atoms with Gasteiger partial charge in [0.1, 0.15) is 12.4 Å². The van der Waals surface area contributed by atoms with Crippen molar-refractivity contribution in [2.24, 2.45) is 5.41 Å². The van der Waals surface area contributed by atoms with Gasteiger partial charge < -0.3 is 14.4 Å². The molecule has 4 aromatic rings. The number of hydrogen-bond donors (Lipinski definition) is 1. The number of hydrogen-bond acceptors (Lipinski definition) is 9. The standard InChI is InChI=1S/C36H42N6O5S/c1-23-9-6-10-24(2)33(23)30-18-32-40-35(39-30)41-48(44,45)29-14-7-11-25(17-29)34(43)42(26(22-46-32)15-16-36(3,4)5)21-31-37-19-28(20-38-31)47-27-12-8-13-27/h6-7,9-11,14,17-20,26-27H,8,12-13,15-16,21-22H2,1-5H3,(H,39,40,41)/t26-/m1/s1. The highest BCUT2D eigenvalue weighted by Gasteiger charge is 2.30. The lowest BCUT2D eigenvalue weighted by Gasteiger charge is -2.33. The van der Waals surface area contributed by atoms with Gasteiger partial charge in [-0.1, -0.05) is 45.0 Å². The van der Waals surface area contributed by atoms with Gasteiger partial charge in [0, 0.05) is 17.2 Å². The first-order valence-corrected chi connectivity index (χ1v) is 17.8. The van der Waals surface area contributed by atoms with E-state index in [1.54, 1.807) is 35.5 Å². The Balaban J connectivity index is 1.43. The van der Waals surface area contributed by atoms with Gasteiger partial charge in [-0.25, -0.2) is 28.1 Å². The third-order valence-electron chi connectivity index (χ3n) is 8.76. The van der Waals surface area contributed by atoms with Crippen LogP contribution in [0.5, 0.6) is 11.6 Å². The average molecular weight is 671 g/mol. The molecule has 0 unspecified atom stereocenters. The van der Waals surface area contributed by atoms with Crippen molar-refractivity contribution >= 4 is 21.9 Å². The maximum Gasteiger partial charge on any atom is 0.264 e. The fourth-order valence-electron chi connectivity index (χ4n) is 5.83. The highest BCUT2D eigenvalue weighted by atomic mass is 32.2. The number of ether oxygens (including phenoxy) is 2. The molecule has 6 rings (SSSR count). The van der Waals surface area contributed by atoms with E-state index in [1.165, 1.54) is 12.1 Å². The van der Waals surface area contributed by atoms with E-state index < -0.39 is 16.1 Å². The normalized spacial score (nSPS) is 18.0. The van der Waals surface area contributed by atoms with Crippen molar-refractivity contribution in [3.63, 3.8) is 0 Å². The summed E-state index contributed by atoms with van der Waals surface area (Å²) in [7, 11) is -4.17. The summed E-state index contributed by atoms with van der Waals surface area (Å²) in [5, 5.41) is 0. The molecule has 1 saturated carbocycles. The van der Waals surface area contributed by atoms with Crippen molar-refractivity contribution in [1.82, 2.24) is 24.8 Å². The van der Waals surface area contributed by atoms with E-state index in [0.717, 1.165) is 42.4 Å². The number of amides is 1. The minimum Gasteiger partial charge on any atom is -0.487 e. The molecule has 1 aliphatic heterocycles. The summed E-state index contributed by atoms with van der Waals surface area (Å²) >= 11 is 0. The van der Waals surface area contributed by atoms with Gasteiger partial charge in [-0.15, -0.1) is 0 Å². The van der Waals surface area contributed by atoms with Crippen molar-refractivity contribution in [2.75, 3.05) is 11.3 Å². The third-order valence-corrected chi connectivity index (χ3v) is 10.1. The molecule has 0 spiro atoms. The summed E-state index contributed by atoms with van der Waals surface area (Å²) in [6.45, 7) is 10.6. The summed E-state index contributed by atoms with van der Waals surface area (Å²) in [5.41, 5.74) is 3.52. The molecule has 2 aliphatic rings. The summed E-state index contributed by atoms with van der Waals surface area (Å²) in [6.07, 6.45) is 8.06. The van der Waals surface area contributed by atoms with Crippen LogP contribution in [0.2, 0.25) is 0 Å². The number of nitrogens with one attached hydrogen (secondary N) is 1. The monoisotopic (exact) mass is 670 g/mol. The number of rotatable bonds is 7. The zero-order valence-electron chi connectivity index (χ0n) is 28.1. The van der Waals surface area contributed by atoms with Crippen LogP contribution in [0.1, 0.15) is 80.2 Å². The molecule has 2 aromatic carbocycles. The lowest BCUT2D eigenvalue weighted by molar-refractivity contribution is 0.0545. The number of benzene rings is 2. The predicted molar refractivity (Wildman–Crippen MR) is 182 cm³/mol. The minimum atomic E-state index is -4.17. The van der Waals surface area contributed by atoms with Gasteiger partial charge in [0.05, 0.1) is 41.7 Å². The number of aromatic nitrogens is 4. The highest BCUT2D eigenvalue weighted by Crippen LogP contribution is 2.31. The molecule has 1 N–H and O–H groups in total. The summed E-state index contributed by atoms with van der Waals surface area (Å²) in [6, 6.07) is 13.2. The van der Waals surface area contributed by atoms with Crippen LogP contribution in [0.3, 0.4) is 0 Å². The molecular formula is C36H42N6O5S. The number of anilines is 1. The van der Waals surface area contributed by atoms with Gasteiger partial charge in [0.2, 0.25) is 11.8 Å². The Morgan fingerprint density at radius 2 is 1.71 bits per heavy atom. The zero-order chi connectivity index (χ0) is 34.1. The second-order valence-electron chi connectivity index (χ2n) is 13.8. The Bertz CT molecular complexity index is 1880. The van der Waals surface area contributed by atoms with Crippen LogP contribution in [-0.2, 0) is 16.6 Å². The van der Waals surface area contributed by atoms with Crippen molar-refractivity contribution < 1.29 is 22.7 Å². The molecule has 1 amide bonds. The molecule has 11 nitrogen and oxygen atoms in total. The first-order chi connectivity index (χ1) is 22.8. The molecule has 1 aliphatic carbocycles. The largest absolute Gasteiger partial charge is 0.487 e. The van der Waals surface area contributed by atoms with Gasteiger partial charge in [0.25, 0.3) is 15.9 Å². The van der Waals surface area contributed by atoms with E-state index in [9.17, 15) is 13.2 Å². The molecule has 0 saturated heterocycles. The highest BCUT2D eigenvalue weighted by molar-refractivity contribution is 7.92. The Morgan fingerprint density at radius 1 is 1.00 bits per heavy atom. The second kappa shape index (κ2) is 13.5. The number of nitrogens with zero attached hydrogens (tertiary/aromatic N) is 5. The molecule has 2 aromatic heterocycles. The smallest absolute Gasteiger partial charge is 0.264 e.